The first kappa shape index (κ1) is 17.7. The maximum Gasteiger partial charge on any atom is 0.264 e. The first-order valence-corrected chi connectivity index (χ1v) is 9.44. The molecule has 2 aromatic carbocycles. The van der Waals surface area contributed by atoms with Crippen molar-refractivity contribution in [1.82, 2.24) is 9.80 Å². The van der Waals surface area contributed by atoms with Crippen molar-refractivity contribution in [3.63, 3.8) is 0 Å². The average Bonchev–Trinajstić information content (AvgIpc) is 3.00. The molecule has 0 saturated carbocycles. The van der Waals surface area contributed by atoms with Crippen molar-refractivity contribution in [2.24, 2.45) is 0 Å². The third-order valence-corrected chi connectivity index (χ3v) is 5.67. The highest BCUT2D eigenvalue weighted by Gasteiger charge is 2.42. The number of benzene rings is 2. The summed E-state index contributed by atoms with van der Waals surface area (Å²) in [7, 11) is 1.54. The van der Waals surface area contributed by atoms with Gasteiger partial charge in [0.1, 0.15) is 5.75 Å². The van der Waals surface area contributed by atoms with Gasteiger partial charge in [-0.15, -0.1) is 0 Å². The topological polar surface area (TPSA) is 49.9 Å². The van der Waals surface area contributed by atoms with Crippen LogP contribution in [0.3, 0.4) is 0 Å². The van der Waals surface area contributed by atoms with Gasteiger partial charge in [0.25, 0.3) is 5.91 Å². The van der Waals surface area contributed by atoms with E-state index in [1.807, 2.05) is 24.3 Å². The van der Waals surface area contributed by atoms with Gasteiger partial charge in [-0.2, -0.15) is 0 Å². The second-order valence-corrected chi connectivity index (χ2v) is 7.26. The number of methoxy groups -OCH3 is 1. The van der Waals surface area contributed by atoms with Gasteiger partial charge in [0.05, 0.1) is 12.7 Å². The molecule has 0 N–H and O–H groups in total. The molecule has 2 atom stereocenters. The van der Waals surface area contributed by atoms with Crippen molar-refractivity contribution in [3.8, 4) is 5.75 Å². The fraction of sp³-hybridized carbons (Fsp3) is 0.364. The molecule has 4 rings (SSSR count). The van der Waals surface area contributed by atoms with Crippen LogP contribution in [0.2, 0.25) is 0 Å². The van der Waals surface area contributed by atoms with E-state index < -0.39 is 0 Å². The Morgan fingerprint density at radius 1 is 1.04 bits per heavy atom. The monoisotopic (exact) mass is 364 g/mol. The largest absolute Gasteiger partial charge is 0.496 e. The van der Waals surface area contributed by atoms with Gasteiger partial charge in [-0.25, -0.2) is 0 Å². The predicted molar refractivity (Wildman–Crippen MR) is 102 cm³/mol. The van der Waals surface area contributed by atoms with Crippen LogP contribution in [-0.2, 0) is 11.3 Å². The van der Waals surface area contributed by atoms with E-state index >= 15 is 0 Å². The molecule has 2 heterocycles. The number of carbonyl (C=O) groups is 2. The summed E-state index contributed by atoms with van der Waals surface area (Å²) >= 11 is 0. The number of amides is 2. The summed E-state index contributed by atoms with van der Waals surface area (Å²) in [5.74, 6) is 0.159. The van der Waals surface area contributed by atoms with Crippen molar-refractivity contribution >= 4 is 11.8 Å². The van der Waals surface area contributed by atoms with Gasteiger partial charge in [0.15, 0.2) is 0 Å². The Morgan fingerprint density at radius 3 is 2.52 bits per heavy atom. The lowest BCUT2D eigenvalue weighted by Crippen LogP contribution is -2.42. The van der Waals surface area contributed by atoms with Crippen molar-refractivity contribution < 1.29 is 14.3 Å². The van der Waals surface area contributed by atoms with E-state index in [9.17, 15) is 9.59 Å². The smallest absolute Gasteiger partial charge is 0.264 e. The van der Waals surface area contributed by atoms with E-state index in [1.165, 1.54) is 10.5 Å². The van der Waals surface area contributed by atoms with E-state index in [-0.39, 0.29) is 23.9 Å². The van der Waals surface area contributed by atoms with Crippen LogP contribution in [0.4, 0.5) is 0 Å². The molecule has 2 aromatic rings. The number of fused-ring (bicyclic) bond motifs is 2. The first-order valence-electron chi connectivity index (χ1n) is 9.44. The number of rotatable bonds is 4. The van der Waals surface area contributed by atoms with Crippen LogP contribution < -0.4 is 4.74 Å². The number of ether oxygens (including phenoxy) is 1. The van der Waals surface area contributed by atoms with E-state index in [1.54, 1.807) is 25.3 Å². The Balaban J connectivity index is 1.57. The molecule has 2 unspecified atom stereocenters. The molecule has 140 valence electrons. The van der Waals surface area contributed by atoms with Gasteiger partial charge in [0.2, 0.25) is 5.91 Å². The zero-order valence-electron chi connectivity index (χ0n) is 15.5. The van der Waals surface area contributed by atoms with Gasteiger partial charge >= 0.3 is 0 Å². The summed E-state index contributed by atoms with van der Waals surface area (Å²) in [5, 5.41) is 0. The average molecular weight is 364 g/mol. The maximum absolute atomic E-state index is 13.1. The third-order valence-electron chi connectivity index (χ3n) is 5.67. The van der Waals surface area contributed by atoms with Crippen LogP contribution in [0.5, 0.6) is 5.75 Å². The Hall–Kier alpha value is -2.66. The molecule has 0 spiro atoms. The predicted octanol–water partition coefficient (Wildman–Crippen LogP) is 3.10. The summed E-state index contributed by atoms with van der Waals surface area (Å²) in [6.07, 6.45) is 2.42. The minimum atomic E-state index is -0.260. The van der Waals surface area contributed by atoms with E-state index in [4.69, 9.17) is 4.74 Å². The van der Waals surface area contributed by atoms with Gasteiger partial charge in [-0.05, 0) is 30.5 Å². The SMILES string of the molecule is COc1ccccc1C(=O)N1CC2CCC(CC1=O)N2Cc1ccccc1. The molecule has 2 fully saturated rings. The van der Waals surface area contributed by atoms with E-state index in [2.05, 4.69) is 17.0 Å². The summed E-state index contributed by atoms with van der Waals surface area (Å²) in [5.41, 5.74) is 1.69. The lowest BCUT2D eigenvalue weighted by molar-refractivity contribution is -0.128. The van der Waals surface area contributed by atoms with Crippen LogP contribution in [0.1, 0.15) is 35.2 Å². The summed E-state index contributed by atoms with van der Waals surface area (Å²) in [6.45, 7) is 1.26. The molecule has 5 nitrogen and oxygen atoms in total. The highest BCUT2D eigenvalue weighted by Crippen LogP contribution is 2.33. The zero-order valence-corrected chi connectivity index (χ0v) is 15.5. The lowest BCUT2D eigenvalue weighted by atomic mass is 10.1. The quantitative estimate of drug-likeness (QED) is 0.783. The second-order valence-electron chi connectivity index (χ2n) is 7.26. The fourth-order valence-corrected chi connectivity index (χ4v) is 4.27. The van der Waals surface area contributed by atoms with Crippen molar-refractivity contribution in [2.75, 3.05) is 13.7 Å². The molecule has 0 radical (unpaired) electrons. The summed E-state index contributed by atoms with van der Waals surface area (Å²) < 4.78 is 5.32. The molecular formula is C22H24N2O3. The number of hydrogen-bond acceptors (Lipinski definition) is 4. The van der Waals surface area contributed by atoms with Gasteiger partial charge in [-0.3, -0.25) is 19.4 Å². The van der Waals surface area contributed by atoms with Gasteiger partial charge < -0.3 is 4.74 Å². The van der Waals surface area contributed by atoms with Crippen molar-refractivity contribution in [2.45, 2.75) is 37.9 Å². The molecule has 5 heteroatoms. The number of para-hydroxylation sites is 1. The minimum Gasteiger partial charge on any atom is -0.496 e. The third kappa shape index (κ3) is 3.47. The first-order chi connectivity index (χ1) is 13.2. The number of hydrogen-bond donors (Lipinski definition) is 0. The van der Waals surface area contributed by atoms with Crippen LogP contribution in [0, 0.1) is 0 Å². The van der Waals surface area contributed by atoms with Crippen molar-refractivity contribution in [3.05, 3.63) is 65.7 Å². The maximum atomic E-state index is 13.1. The molecule has 27 heavy (non-hydrogen) atoms. The summed E-state index contributed by atoms with van der Waals surface area (Å²) in [4.78, 5) is 29.8. The molecule has 0 aromatic heterocycles. The van der Waals surface area contributed by atoms with Crippen molar-refractivity contribution in [1.29, 1.82) is 0 Å². The molecule has 2 saturated heterocycles. The zero-order chi connectivity index (χ0) is 18.8. The Morgan fingerprint density at radius 2 is 1.74 bits per heavy atom. The van der Waals surface area contributed by atoms with Crippen LogP contribution in [0.25, 0.3) is 0 Å². The molecule has 2 aliphatic rings. The number of carbonyl (C=O) groups excluding carboxylic acids is 2. The Kier molecular flexibility index (Phi) is 4.94. The highest BCUT2D eigenvalue weighted by molar-refractivity contribution is 6.06. The van der Waals surface area contributed by atoms with Crippen LogP contribution >= 0.6 is 0 Å². The van der Waals surface area contributed by atoms with E-state index in [0.29, 0.717) is 24.3 Å². The second kappa shape index (κ2) is 7.53. The molecular weight excluding hydrogens is 340 g/mol. The Bertz CT molecular complexity index is 836. The minimum absolute atomic E-state index is 0.0869. The highest BCUT2D eigenvalue weighted by atomic mass is 16.5. The molecule has 2 bridgehead atoms. The summed E-state index contributed by atoms with van der Waals surface area (Å²) in [6, 6.07) is 17.8. The van der Waals surface area contributed by atoms with Gasteiger partial charge in [0, 0.05) is 31.6 Å². The van der Waals surface area contributed by atoms with E-state index in [0.717, 1.165) is 19.4 Å². The van der Waals surface area contributed by atoms with Crippen LogP contribution in [-0.4, -0.2) is 47.4 Å². The van der Waals surface area contributed by atoms with Gasteiger partial charge in [-0.1, -0.05) is 42.5 Å². The Labute approximate surface area is 159 Å². The van der Waals surface area contributed by atoms with Crippen LogP contribution in [0.15, 0.2) is 54.6 Å². The molecule has 2 amide bonds. The number of imide groups is 1. The number of likely N-dealkylation sites (tertiary alicyclic amines) is 1. The lowest BCUT2D eigenvalue weighted by Gasteiger charge is -2.28. The molecule has 2 aliphatic heterocycles. The standard InChI is InChI=1S/C22H24N2O3/c1-27-20-10-6-5-9-19(20)22(26)24-15-18-12-11-17(13-21(24)25)23(18)14-16-7-3-2-4-8-16/h2-10,17-18H,11-15H2,1H3. The number of nitrogens with zero attached hydrogens (tertiary/aromatic N) is 2. The normalized spacial score (nSPS) is 22.6. The fourth-order valence-electron chi connectivity index (χ4n) is 4.27. The molecule has 0 aliphatic carbocycles.